The number of aliphatic imine (C=N–C) groups is 1. The minimum absolute atomic E-state index is 0.122. The van der Waals surface area contributed by atoms with E-state index in [1.807, 2.05) is 24.3 Å². The molecule has 0 saturated carbocycles. The first-order valence-electron chi connectivity index (χ1n) is 11.6. The van der Waals surface area contributed by atoms with Gasteiger partial charge in [-0.15, -0.1) is 11.3 Å². The van der Waals surface area contributed by atoms with Gasteiger partial charge in [0, 0.05) is 22.7 Å². The minimum Gasteiger partial charge on any atom is -0.496 e. The van der Waals surface area contributed by atoms with Crippen molar-refractivity contribution in [2.75, 3.05) is 14.2 Å². The third-order valence-corrected chi connectivity index (χ3v) is 8.31. The molecule has 1 atom stereocenters. The number of carbonyl (C=O) groups is 1. The maximum absolute atomic E-state index is 13.4. The summed E-state index contributed by atoms with van der Waals surface area (Å²) in [6.07, 6.45) is 6.27. The molecule has 0 radical (unpaired) electrons. The number of carbonyl (C=O) groups excluding carboxylic acids is 1. The number of benzene rings is 1. The molecule has 35 heavy (non-hydrogen) atoms. The van der Waals surface area contributed by atoms with E-state index in [4.69, 9.17) is 18.9 Å². The van der Waals surface area contributed by atoms with Gasteiger partial charge in [-0.05, 0) is 70.3 Å². The standard InChI is InChI=1S/C27H31BrN2O4S/c1-27(2,3)17-8-9-19-23(12-17)35-26(24(19)25(31)29-15-18-7-6-10-34-18)30-14-16-11-20(28)22(33-5)13-21(16)32-4/h6-7,10-11,13-14,17H,8-9,12,15H2,1-5H3,(H,29,31)/t17-/m1/s1. The molecule has 0 unspecified atom stereocenters. The van der Waals surface area contributed by atoms with Crippen molar-refractivity contribution in [3.63, 3.8) is 0 Å². The molecule has 4 rings (SSSR count). The molecule has 2 aromatic heterocycles. The Hall–Kier alpha value is -2.58. The van der Waals surface area contributed by atoms with Crippen LogP contribution in [0.5, 0.6) is 11.5 Å². The Morgan fingerprint density at radius 1 is 1.29 bits per heavy atom. The summed E-state index contributed by atoms with van der Waals surface area (Å²) >= 11 is 5.15. The van der Waals surface area contributed by atoms with Crippen LogP contribution in [0, 0.1) is 11.3 Å². The van der Waals surface area contributed by atoms with Gasteiger partial charge in [-0.25, -0.2) is 4.99 Å². The number of thiophene rings is 1. The number of nitrogens with one attached hydrogen (secondary N) is 1. The Kier molecular flexibility index (Phi) is 7.71. The van der Waals surface area contributed by atoms with E-state index in [-0.39, 0.29) is 11.3 Å². The topological polar surface area (TPSA) is 73.1 Å². The van der Waals surface area contributed by atoms with E-state index >= 15 is 0 Å². The van der Waals surface area contributed by atoms with E-state index in [0.717, 1.165) is 39.9 Å². The number of furan rings is 1. The summed E-state index contributed by atoms with van der Waals surface area (Å²) in [4.78, 5) is 19.4. The zero-order valence-corrected chi connectivity index (χ0v) is 23.1. The number of nitrogens with zero attached hydrogens (tertiary/aromatic N) is 1. The molecule has 6 nitrogen and oxygen atoms in total. The van der Waals surface area contributed by atoms with Gasteiger partial charge in [-0.1, -0.05) is 20.8 Å². The fraction of sp³-hybridized carbons (Fsp3) is 0.407. The minimum atomic E-state index is -0.122. The second-order valence-electron chi connectivity index (χ2n) is 9.74. The van der Waals surface area contributed by atoms with Crippen molar-refractivity contribution in [2.45, 2.75) is 46.6 Å². The molecule has 3 aromatic rings. The maximum atomic E-state index is 13.4. The number of ether oxygens (including phenoxy) is 2. The highest BCUT2D eigenvalue weighted by atomic mass is 79.9. The second-order valence-corrected chi connectivity index (χ2v) is 11.7. The average Bonchev–Trinajstić information content (AvgIpc) is 3.47. The van der Waals surface area contributed by atoms with Crippen LogP contribution in [0.4, 0.5) is 5.00 Å². The van der Waals surface area contributed by atoms with E-state index in [1.54, 1.807) is 38.0 Å². The van der Waals surface area contributed by atoms with Gasteiger partial charge < -0.3 is 19.2 Å². The van der Waals surface area contributed by atoms with Crippen LogP contribution in [0.3, 0.4) is 0 Å². The van der Waals surface area contributed by atoms with Gasteiger partial charge in [-0.3, -0.25) is 4.79 Å². The highest BCUT2D eigenvalue weighted by Gasteiger charge is 2.33. The van der Waals surface area contributed by atoms with Crippen LogP contribution in [-0.2, 0) is 19.4 Å². The van der Waals surface area contributed by atoms with Crippen molar-refractivity contribution in [2.24, 2.45) is 16.3 Å². The maximum Gasteiger partial charge on any atom is 0.255 e. The van der Waals surface area contributed by atoms with Crippen LogP contribution in [0.2, 0.25) is 0 Å². The molecule has 0 fully saturated rings. The molecular weight excluding hydrogens is 528 g/mol. The Morgan fingerprint density at radius 2 is 2.06 bits per heavy atom. The van der Waals surface area contributed by atoms with Gasteiger partial charge in [0.25, 0.3) is 5.91 Å². The molecule has 1 aliphatic carbocycles. The summed E-state index contributed by atoms with van der Waals surface area (Å²) in [5.41, 5.74) is 2.81. The number of hydrogen-bond donors (Lipinski definition) is 1. The van der Waals surface area contributed by atoms with Gasteiger partial charge in [-0.2, -0.15) is 0 Å². The lowest BCUT2D eigenvalue weighted by atomic mass is 9.72. The first kappa shape index (κ1) is 25.5. The van der Waals surface area contributed by atoms with Crippen molar-refractivity contribution < 1.29 is 18.7 Å². The molecule has 2 heterocycles. The zero-order chi connectivity index (χ0) is 25.2. The fourth-order valence-corrected chi connectivity index (χ4v) is 6.21. The van der Waals surface area contributed by atoms with Crippen LogP contribution in [0.1, 0.15) is 59.3 Å². The summed E-state index contributed by atoms with van der Waals surface area (Å²) in [6, 6.07) is 7.39. The average molecular weight is 560 g/mol. The van der Waals surface area contributed by atoms with E-state index in [9.17, 15) is 4.79 Å². The summed E-state index contributed by atoms with van der Waals surface area (Å²) in [6.45, 7) is 7.21. The van der Waals surface area contributed by atoms with Gasteiger partial charge in [0.15, 0.2) is 0 Å². The molecule has 186 valence electrons. The highest BCUT2D eigenvalue weighted by Crippen LogP contribution is 2.45. The van der Waals surface area contributed by atoms with Crippen LogP contribution in [0.25, 0.3) is 0 Å². The number of rotatable bonds is 7. The fourth-order valence-electron chi connectivity index (χ4n) is 4.42. The third kappa shape index (κ3) is 5.64. The largest absolute Gasteiger partial charge is 0.496 e. The summed E-state index contributed by atoms with van der Waals surface area (Å²) in [5.74, 6) is 2.49. The molecule has 0 saturated heterocycles. The SMILES string of the molecule is COc1cc(OC)c(C=Nc2sc3c(c2C(=O)NCc2ccco2)CC[C@@H](C(C)(C)C)C3)cc1Br. The van der Waals surface area contributed by atoms with Crippen molar-refractivity contribution in [1.82, 2.24) is 5.32 Å². The Bertz CT molecular complexity index is 1230. The lowest BCUT2D eigenvalue weighted by Gasteiger charge is -2.33. The normalized spacial score (nSPS) is 15.8. The lowest BCUT2D eigenvalue weighted by Crippen LogP contribution is -2.28. The Labute approximate surface area is 218 Å². The Balaban J connectivity index is 1.70. The predicted molar refractivity (Wildman–Crippen MR) is 144 cm³/mol. The highest BCUT2D eigenvalue weighted by molar-refractivity contribution is 9.10. The third-order valence-electron chi connectivity index (χ3n) is 6.53. The Morgan fingerprint density at radius 3 is 2.71 bits per heavy atom. The van der Waals surface area contributed by atoms with Crippen LogP contribution in [-0.4, -0.2) is 26.3 Å². The molecule has 0 spiro atoms. The first-order valence-corrected chi connectivity index (χ1v) is 13.2. The second kappa shape index (κ2) is 10.6. The number of halogens is 1. The van der Waals surface area contributed by atoms with Gasteiger partial charge >= 0.3 is 0 Å². The lowest BCUT2D eigenvalue weighted by molar-refractivity contribution is 0.0947. The first-order chi connectivity index (χ1) is 16.7. The van der Waals surface area contributed by atoms with Crippen LogP contribution < -0.4 is 14.8 Å². The van der Waals surface area contributed by atoms with E-state index in [1.165, 1.54) is 4.88 Å². The summed E-state index contributed by atoms with van der Waals surface area (Å²) < 4.78 is 17.1. The number of hydrogen-bond acceptors (Lipinski definition) is 6. The van der Waals surface area contributed by atoms with E-state index in [2.05, 4.69) is 42.0 Å². The predicted octanol–water partition coefficient (Wildman–Crippen LogP) is 6.95. The van der Waals surface area contributed by atoms with E-state index in [0.29, 0.717) is 35.3 Å². The monoisotopic (exact) mass is 558 g/mol. The molecular formula is C27H31BrN2O4S. The van der Waals surface area contributed by atoms with E-state index < -0.39 is 0 Å². The molecule has 0 aliphatic heterocycles. The summed E-state index contributed by atoms with van der Waals surface area (Å²) in [7, 11) is 3.23. The smallest absolute Gasteiger partial charge is 0.255 e. The number of fused-ring (bicyclic) bond motifs is 1. The zero-order valence-electron chi connectivity index (χ0n) is 20.7. The van der Waals surface area contributed by atoms with Crippen LogP contribution in [0.15, 0.2) is 44.4 Å². The molecule has 1 amide bonds. The van der Waals surface area contributed by atoms with Crippen molar-refractivity contribution in [1.29, 1.82) is 0 Å². The summed E-state index contributed by atoms with van der Waals surface area (Å²) in [5, 5.41) is 3.73. The molecule has 0 bridgehead atoms. The molecule has 1 N–H and O–H groups in total. The van der Waals surface area contributed by atoms with Gasteiger partial charge in [0.05, 0.1) is 37.1 Å². The quantitative estimate of drug-likeness (QED) is 0.318. The molecule has 8 heteroatoms. The van der Waals surface area contributed by atoms with Crippen molar-refractivity contribution >= 4 is 44.4 Å². The van der Waals surface area contributed by atoms with Crippen molar-refractivity contribution in [3.05, 3.63) is 62.3 Å². The van der Waals surface area contributed by atoms with Crippen LogP contribution >= 0.6 is 27.3 Å². The molecule has 1 aromatic carbocycles. The van der Waals surface area contributed by atoms with Gasteiger partial charge in [0.1, 0.15) is 22.3 Å². The number of amides is 1. The van der Waals surface area contributed by atoms with Gasteiger partial charge in [0.2, 0.25) is 0 Å². The number of methoxy groups -OCH3 is 2. The molecule has 1 aliphatic rings. The van der Waals surface area contributed by atoms with Crippen molar-refractivity contribution in [3.8, 4) is 11.5 Å².